The molecule has 1 rings (SSSR count). The zero-order chi connectivity index (χ0) is 17.8. The number of nitrogens with two attached hydrogens (primary N) is 1. The van der Waals surface area contributed by atoms with Gasteiger partial charge < -0.3 is 19.4 Å². The third-order valence-corrected chi connectivity index (χ3v) is 2.78. The standard InChI is InChI=1S/C16H22N6O2/c1-13(10-14(23-4)6-8-17-2)20-18-12-19-21-16-11-15(24-5)7-9-22(16)3/h6-12,17H,1H2,2-5H3/p+1/b8-6-,14-10+,19-12+,20-18?,21-16+. The topological polar surface area (TPSA) is 89.4 Å². The Kier molecular flexibility index (Phi) is 8.48. The Labute approximate surface area is 141 Å². The van der Waals surface area contributed by atoms with Crippen molar-refractivity contribution in [3.05, 3.63) is 60.2 Å². The average molecular weight is 331 g/mol. The maximum absolute atomic E-state index is 5.17. The molecule has 0 aliphatic heterocycles. The molecule has 24 heavy (non-hydrogen) atoms. The molecule has 0 atom stereocenters. The van der Waals surface area contributed by atoms with E-state index in [0.717, 1.165) is 0 Å². The molecular weight excluding hydrogens is 308 g/mol. The van der Waals surface area contributed by atoms with Crippen molar-refractivity contribution in [2.24, 2.45) is 27.5 Å². The van der Waals surface area contributed by atoms with Crippen LogP contribution in [-0.2, 0) is 11.8 Å². The predicted octanol–water partition coefficient (Wildman–Crippen LogP) is 1.08. The summed E-state index contributed by atoms with van der Waals surface area (Å²) in [7, 11) is 6.94. The average Bonchev–Trinajstić information content (AvgIpc) is 2.59. The first-order chi connectivity index (χ1) is 11.6. The van der Waals surface area contributed by atoms with Gasteiger partial charge in [0.15, 0.2) is 11.8 Å². The number of hydrogen-bond donors (Lipinski definition) is 1. The molecule has 0 saturated heterocycles. The summed E-state index contributed by atoms with van der Waals surface area (Å²) in [5, 5.41) is 17.5. The van der Waals surface area contributed by atoms with Gasteiger partial charge in [0.25, 0.3) is 0 Å². The molecule has 0 radical (unpaired) electrons. The predicted molar refractivity (Wildman–Crippen MR) is 92.1 cm³/mol. The number of hydrogen-bond acceptors (Lipinski definition) is 5. The van der Waals surface area contributed by atoms with Gasteiger partial charge in [0, 0.05) is 31.5 Å². The van der Waals surface area contributed by atoms with E-state index in [1.807, 2.05) is 37.9 Å². The van der Waals surface area contributed by atoms with E-state index in [1.54, 1.807) is 37.0 Å². The molecule has 1 heterocycles. The van der Waals surface area contributed by atoms with Crippen molar-refractivity contribution in [2.75, 3.05) is 21.3 Å². The van der Waals surface area contributed by atoms with Crippen molar-refractivity contribution in [3.8, 4) is 5.75 Å². The van der Waals surface area contributed by atoms with Gasteiger partial charge in [-0.05, 0) is 6.07 Å². The van der Waals surface area contributed by atoms with Crippen LogP contribution in [0.1, 0.15) is 0 Å². The lowest BCUT2D eigenvalue weighted by Crippen LogP contribution is -2.72. The van der Waals surface area contributed by atoms with E-state index in [1.165, 1.54) is 6.34 Å². The lowest BCUT2D eigenvalue weighted by Gasteiger charge is -2.01. The largest absolute Gasteiger partial charge is 0.497 e. The van der Waals surface area contributed by atoms with Gasteiger partial charge in [-0.15, -0.1) is 15.3 Å². The summed E-state index contributed by atoms with van der Waals surface area (Å²) in [6.07, 6.45) is 8.38. The van der Waals surface area contributed by atoms with Gasteiger partial charge in [0.2, 0.25) is 0 Å². The zero-order valence-electron chi connectivity index (χ0n) is 14.4. The molecule has 8 nitrogen and oxygen atoms in total. The number of rotatable bonds is 8. The summed E-state index contributed by atoms with van der Waals surface area (Å²) in [5.74, 6) is 1.33. The van der Waals surface area contributed by atoms with E-state index in [-0.39, 0.29) is 0 Å². The second-order valence-corrected chi connectivity index (χ2v) is 4.52. The minimum absolute atomic E-state index is 0.436. The summed E-state index contributed by atoms with van der Waals surface area (Å²) < 4.78 is 12.1. The molecule has 0 bridgehead atoms. The molecule has 0 aliphatic carbocycles. The highest BCUT2D eigenvalue weighted by Crippen LogP contribution is 2.04. The molecule has 0 saturated carbocycles. The minimum atomic E-state index is 0.436. The Hall–Kier alpha value is -3.00. The number of allylic oxidation sites excluding steroid dienone is 2. The highest BCUT2D eigenvalue weighted by molar-refractivity contribution is 5.54. The maximum Gasteiger partial charge on any atom is 0.160 e. The van der Waals surface area contributed by atoms with E-state index in [0.29, 0.717) is 22.7 Å². The number of azo groups is 1. The molecular formula is C16H23N6O2+. The van der Waals surface area contributed by atoms with E-state index in [2.05, 4.69) is 27.0 Å². The van der Waals surface area contributed by atoms with Gasteiger partial charge in [-0.25, -0.2) is 0 Å². The first-order valence-electron chi connectivity index (χ1n) is 7.18. The molecule has 0 unspecified atom stereocenters. The Bertz CT molecular complexity index is 728. The Balaban J connectivity index is 2.74. The van der Waals surface area contributed by atoms with Gasteiger partial charge >= 0.3 is 0 Å². The van der Waals surface area contributed by atoms with Crippen LogP contribution in [0.3, 0.4) is 0 Å². The first kappa shape index (κ1) is 19.0. The van der Waals surface area contributed by atoms with Crippen molar-refractivity contribution >= 4 is 6.34 Å². The SMILES string of the molecule is C=C(/C=C(\C=C/[NH2+]C)OC)N=N/C=N/N=c1\cc(OC)ccn1C. The molecule has 0 amide bonds. The number of nitrogens with zero attached hydrogens (tertiary/aromatic N) is 5. The van der Waals surface area contributed by atoms with Gasteiger partial charge in [-0.1, -0.05) is 6.58 Å². The molecule has 0 aliphatic rings. The maximum atomic E-state index is 5.17. The van der Waals surface area contributed by atoms with Crippen LogP contribution in [0.25, 0.3) is 0 Å². The van der Waals surface area contributed by atoms with E-state index in [4.69, 9.17) is 9.47 Å². The second-order valence-electron chi connectivity index (χ2n) is 4.52. The summed E-state index contributed by atoms with van der Waals surface area (Å²) >= 11 is 0. The lowest BCUT2D eigenvalue weighted by atomic mass is 10.4. The normalized spacial score (nSPS) is 13.3. The lowest BCUT2D eigenvalue weighted by molar-refractivity contribution is -0.556. The number of pyridine rings is 1. The van der Waals surface area contributed by atoms with Crippen LogP contribution in [0.15, 0.2) is 75.1 Å². The summed E-state index contributed by atoms with van der Waals surface area (Å²) in [4.78, 5) is 0. The number of ether oxygens (including phenoxy) is 2. The van der Waals surface area contributed by atoms with Crippen molar-refractivity contribution in [1.82, 2.24) is 4.57 Å². The number of quaternary nitrogens is 1. The Morgan fingerprint density at radius 2 is 2.17 bits per heavy atom. The zero-order valence-corrected chi connectivity index (χ0v) is 14.4. The highest BCUT2D eigenvalue weighted by Gasteiger charge is 1.93. The van der Waals surface area contributed by atoms with Crippen molar-refractivity contribution in [2.45, 2.75) is 0 Å². The molecule has 2 N–H and O–H groups in total. The fourth-order valence-electron chi connectivity index (χ4n) is 1.53. The van der Waals surface area contributed by atoms with Crippen molar-refractivity contribution in [3.63, 3.8) is 0 Å². The van der Waals surface area contributed by atoms with E-state index in [9.17, 15) is 0 Å². The molecule has 0 aromatic carbocycles. The quantitative estimate of drug-likeness (QED) is 0.193. The fraction of sp³-hybridized carbons (Fsp3) is 0.250. The van der Waals surface area contributed by atoms with E-state index < -0.39 is 0 Å². The van der Waals surface area contributed by atoms with Gasteiger partial charge in [0.1, 0.15) is 11.5 Å². The third kappa shape index (κ3) is 6.84. The monoisotopic (exact) mass is 331 g/mol. The van der Waals surface area contributed by atoms with Crippen LogP contribution in [0.2, 0.25) is 0 Å². The van der Waals surface area contributed by atoms with Crippen LogP contribution >= 0.6 is 0 Å². The molecule has 0 spiro atoms. The highest BCUT2D eigenvalue weighted by atomic mass is 16.5. The molecule has 1 aromatic heterocycles. The van der Waals surface area contributed by atoms with Crippen LogP contribution in [-0.4, -0.2) is 32.2 Å². The van der Waals surface area contributed by atoms with Crippen LogP contribution in [0, 0.1) is 0 Å². The number of aromatic nitrogens is 1. The van der Waals surface area contributed by atoms with Crippen LogP contribution in [0.4, 0.5) is 0 Å². The van der Waals surface area contributed by atoms with Gasteiger partial charge in [-0.3, -0.25) is 0 Å². The van der Waals surface area contributed by atoms with Crippen molar-refractivity contribution < 1.29 is 14.8 Å². The van der Waals surface area contributed by atoms with E-state index >= 15 is 0 Å². The smallest absolute Gasteiger partial charge is 0.160 e. The number of aryl methyl sites for hydroxylation is 1. The Morgan fingerprint density at radius 1 is 1.38 bits per heavy atom. The summed E-state index contributed by atoms with van der Waals surface area (Å²) in [6, 6.07) is 3.59. The fourth-order valence-corrected chi connectivity index (χ4v) is 1.53. The molecule has 1 aromatic rings. The number of methoxy groups -OCH3 is 2. The summed E-state index contributed by atoms with van der Waals surface area (Å²) in [5.41, 5.74) is 1.06. The van der Waals surface area contributed by atoms with Crippen LogP contribution < -0.4 is 15.5 Å². The van der Waals surface area contributed by atoms with Gasteiger partial charge in [-0.2, -0.15) is 5.11 Å². The first-order valence-corrected chi connectivity index (χ1v) is 7.18. The minimum Gasteiger partial charge on any atom is -0.497 e. The van der Waals surface area contributed by atoms with Gasteiger partial charge in [0.05, 0.1) is 33.2 Å². The Morgan fingerprint density at radius 3 is 2.83 bits per heavy atom. The molecule has 128 valence electrons. The second kappa shape index (κ2) is 10.7. The molecule has 8 heteroatoms. The van der Waals surface area contributed by atoms with Crippen molar-refractivity contribution in [1.29, 1.82) is 0 Å². The third-order valence-electron chi connectivity index (χ3n) is 2.78. The summed E-state index contributed by atoms with van der Waals surface area (Å²) in [6.45, 7) is 3.77. The molecule has 0 fully saturated rings. The van der Waals surface area contributed by atoms with Crippen LogP contribution in [0.5, 0.6) is 5.75 Å².